The summed E-state index contributed by atoms with van der Waals surface area (Å²) in [6.45, 7) is 0.755. The lowest BCUT2D eigenvalue weighted by Crippen LogP contribution is -2.26. The van der Waals surface area contributed by atoms with Gasteiger partial charge in [-0.05, 0) is 40.5 Å². The van der Waals surface area contributed by atoms with Gasteiger partial charge in [0.05, 0.1) is 6.61 Å². The largest absolute Gasteiger partial charge is 0.494 e. The lowest BCUT2D eigenvalue weighted by molar-refractivity contribution is 0.311. The highest BCUT2D eigenvalue weighted by Gasteiger charge is 2.13. The van der Waals surface area contributed by atoms with Crippen molar-refractivity contribution in [3.05, 3.63) is 53.3 Å². The van der Waals surface area contributed by atoms with Crippen LogP contribution in [0.15, 0.2) is 58.2 Å². The minimum atomic E-state index is -3.53. The van der Waals surface area contributed by atoms with Gasteiger partial charge >= 0.3 is 0 Å². The molecule has 21 heavy (non-hydrogen) atoms. The topological polar surface area (TPSA) is 68.3 Å². The maximum atomic E-state index is 12.0. The fourth-order valence-corrected chi connectivity index (χ4v) is 3.19. The maximum Gasteiger partial charge on any atom is 0.242 e. The van der Waals surface area contributed by atoms with Crippen LogP contribution >= 0.6 is 15.9 Å². The summed E-state index contributed by atoms with van der Waals surface area (Å²) in [5, 5.41) is 0. The Bertz CT molecular complexity index is 678. The van der Waals surface area contributed by atoms with Crippen molar-refractivity contribution in [2.24, 2.45) is 0 Å². The molecule has 0 aliphatic rings. The highest BCUT2D eigenvalue weighted by atomic mass is 79.9. The summed E-state index contributed by atoms with van der Waals surface area (Å²) in [6, 6.07) is 10.9. The van der Waals surface area contributed by atoms with Gasteiger partial charge in [-0.25, -0.2) is 13.1 Å². The molecule has 0 bridgehead atoms. The average Bonchev–Trinajstić information content (AvgIpc) is 2.48. The molecule has 7 heteroatoms. The minimum Gasteiger partial charge on any atom is -0.494 e. The van der Waals surface area contributed by atoms with Crippen LogP contribution in [0.2, 0.25) is 0 Å². The summed E-state index contributed by atoms with van der Waals surface area (Å²) in [5.41, 5.74) is 0. The molecule has 5 nitrogen and oxygen atoms in total. The molecule has 1 aromatic carbocycles. The van der Waals surface area contributed by atoms with Gasteiger partial charge in [-0.15, -0.1) is 0 Å². The monoisotopic (exact) mass is 370 g/mol. The van der Waals surface area contributed by atoms with Crippen LogP contribution in [0, 0.1) is 0 Å². The lowest BCUT2D eigenvalue weighted by Gasteiger charge is -2.08. The van der Waals surface area contributed by atoms with E-state index in [0.29, 0.717) is 24.0 Å². The van der Waals surface area contributed by atoms with Gasteiger partial charge in [0.15, 0.2) is 0 Å². The van der Waals surface area contributed by atoms with E-state index in [-0.39, 0.29) is 4.90 Å². The van der Waals surface area contributed by atoms with Gasteiger partial charge in [0.2, 0.25) is 10.0 Å². The van der Waals surface area contributed by atoms with Crippen molar-refractivity contribution in [1.29, 1.82) is 0 Å². The molecule has 2 aromatic rings. The SMILES string of the molecule is O=S(=O)(NCCCOc1ccccc1)c1cncc(Br)c1. The van der Waals surface area contributed by atoms with Crippen LogP contribution < -0.4 is 9.46 Å². The first-order valence-corrected chi connectivity index (χ1v) is 8.63. The molecule has 0 amide bonds. The van der Waals surface area contributed by atoms with Crippen molar-refractivity contribution in [2.45, 2.75) is 11.3 Å². The Hall–Kier alpha value is -1.44. The third-order valence-corrected chi connectivity index (χ3v) is 4.48. The van der Waals surface area contributed by atoms with Gasteiger partial charge in [0, 0.05) is 23.4 Å². The number of sulfonamides is 1. The second-order valence-corrected chi connectivity index (χ2v) is 6.93. The highest BCUT2D eigenvalue weighted by Crippen LogP contribution is 2.14. The normalized spacial score (nSPS) is 11.3. The van der Waals surface area contributed by atoms with Gasteiger partial charge in [-0.1, -0.05) is 18.2 Å². The van der Waals surface area contributed by atoms with E-state index >= 15 is 0 Å². The number of nitrogens with zero attached hydrogens (tertiary/aromatic N) is 1. The quantitative estimate of drug-likeness (QED) is 0.760. The summed E-state index contributed by atoms with van der Waals surface area (Å²) >= 11 is 3.20. The Labute approximate surface area is 132 Å². The molecule has 0 saturated carbocycles. The van der Waals surface area contributed by atoms with Crippen LogP contribution in [0.5, 0.6) is 5.75 Å². The van der Waals surface area contributed by atoms with E-state index in [2.05, 4.69) is 25.6 Å². The minimum absolute atomic E-state index is 0.140. The molecule has 2 rings (SSSR count). The van der Waals surface area contributed by atoms with Crippen molar-refractivity contribution in [1.82, 2.24) is 9.71 Å². The van der Waals surface area contributed by atoms with Crippen molar-refractivity contribution >= 4 is 26.0 Å². The van der Waals surface area contributed by atoms with E-state index in [1.807, 2.05) is 30.3 Å². The van der Waals surface area contributed by atoms with Gasteiger partial charge < -0.3 is 4.74 Å². The van der Waals surface area contributed by atoms with Gasteiger partial charge in [0.1, 0.15) is 10.6 Å². The van der Waals surface area contributed by atoms with E-state index in [9.17, 15) is 8.42 Å². The smallest absolute Gasteiger partial charge is 0.242 e. The number of aromatic nitrogens is 1. The predicted molar refractivity (Wildman–Crippen MR) is 83.7 cm³/mol. The van der Waals surface area contributed by atoms with Gasteiger partial charge in [-0.3, -0.25) is 4.98 Å². The molecule has 0 saturated heterocycles. The number of hydrogen-bond donors (Lipinski definition) is 1. The lowest BCUT2D eigenvalue weighted by atomic mass is 10.3. The fraction of sp³-hybridized carbons (Fsp3) is 0.214. The standard InChI is InChI=1S/C14H15BrN2O3S/c15-12-9-14(11-16-10-12)21(18,19)17-7-4-8-20-13-5-2-1-3-6-13/h1-3,5-6,9-11,17H,4,7-8H2. The van der Waals surface area contributed by atoms with E-state index in [0.717, 1.165) is 5.75 Å². The Morgan fingerprint density at radius 2 is 1.95 bits per heavy atom. The molecule has 0 aliphatic carbocycles. The number of halogens is 1. The summed E-state index contributed by atoms with van der Waals surface area (Å²) < 4.78 is 32.6. The molecule has 0 unspecified atom stereocenters. The van der Waals surface area contributed by atoms with E-state index < -0.39 is 10.0 Å². The first kappa shape index (κ1) is 15.9. The molecule has 112 valence electrons. The van der Waals surface area contributed by atoms with Crippen LogP contribution in [-0.4, -0.2) is 26.6 Å². The Kier molecular flexibility index (Phi) is 5.72. The zero-order valence-corrected chi connectivity index (χ0v) is 13.6. The third-order valence-electron chi connectivity index (χ3n) is 2.62. The molecule has 0 spiro atoms. The van der Waals surface area contributed by atoms with Gasteiger partial charge in [-0.2, -0.15) is 0 Å². The predicted octanol–water partition coefficient (Wildman–Crippen LogP) is 2.59. The third kappa shape index (κ3) is 5.11. The number of para-hydroxylation sites is 1. The number of benzene rings is 1. The fourth-order valence-electron chi connectivity index (χ4n) is 1.61. The van der Waals surface area contributed by atoms with Crippen molar-refractivity contribution in [3.8, 4) is 5.75 Å². The number of ether oxygens (including phenoxy) is 1. The zero-order valence-electron chi connectivity index (χ0n) is 11.2. The molecular weight excluding hydrogens is 356 g/mol. The van der Waals surface area contributed by atoms with Crippen LogP contribution in [-0.2, 0) is 10.0 Å². The number of rotatable bonds is 7. The summed E-state index contributed by atoms with van der Waals surface area (Å²) in [5.74, 6) is 0.775. The van der Waals surface area contributed by atoms with E-state index in [1.54, 1.807) is 0 Å². The second kappa shape index (κ2) is 7.53. The summed E-state index contributed by atoms with van der Waals surface area (Å²) in [4.78, 5) is 3.98. The Morgan fingerprint density at radius 1 is 1.19 bits per heavy atom. The summed E-state index contributed by atoms with van der Waals surface area (Å²) in [6.07, 6.45) is 3.43. The first-order valence-electron chi connectivity index (χ1n) is 6.36. The van der Waals surface area contributed by atoms with Crippen molar-refractivity contribution in [3.63, 3.8) is 0 Å². The molecule has 1 N–H and O–H groups in total. The average molecular weight is 371 g/mol. The molecular formula is C14H15BrN2O3S. The van der Waals surface area contributed by atoms with Crippen LogP contribution in [0.1, 0.15) is 6.42 Å². The second-order valence-electron chi connectivity index (χ2n) is 4.25. The number of pyridine rings is 1. The Morgan fingerprint density at radius 3 is 2.67 bits per heavy atom. The molecule has 0 atom stereocenters. The molecule has 0 aliphatic heterocycles. The Balaban J connectivity index is 1.78. The molecule has 1 heterocycles. The van der Waals surface area contributed by atoms with Crippen LogP contribution in [0.25, 0.3) is 0 Å². The van der Waals surface area contributed by atoms with E-state index in [4.69, 9.17) is 4.74 Å². The van der Waals surface area contributed by atoms with Crippen molar-refractivity contribution < 1.29 is 13.2 Å². The molecule has 0 radical (unpaired) electrons. The molecule has 0 fully saturated rings. The zero-order chi connectivity index (χ0) is 15.1. The summed E-state index contributed by atoms with van der Waals surface area (Å²) in [7, 11) is -3.53. The number of nitrogens with one attached hydrogen (secondary N) is 1. The highest BCUT2D eigenvalue weighted by molar-refractivity contribution is 9.10. The molecule has 1 aromatic heterocycles. The number of hydrogen-bond acceptors (Lipinski definition) is 4. The first-order chi connectivity index (χ1) is 10.1. The van der Waals surface area contributed by atoms with Crippen LogP contribution in [0.3, 0.4) is 0 Å². The maximum absolute atomic E-state index is 12.0. The van der Waals surface area contributed by atoms with Crippen LogP contribution in [0.4, 0.5) is 0 Å². The van der Waals surface area contributed by atoms with E-state index in [1.165, 1.54) is 18.5 Å². The van der Waals surface area contributed by atoms with Crippen molar-refractivity contribution in [2.75, 3.05) is 13.2 Å². The van der Waals surface area contributed by atoms with Gasteiger partial charge in [0.25, 0.3) is 0 Å².